The fourth-order valence-corrected chi connectivity index (χ4v) is 1.76. The topological polar surface area (TPSA) is 9.23 Å². The van der Waals surface area contributed by atoms with E-state index in [4.69, 9.17) is 4.74 Å². The second-order valence-electron chi connectivity index (χ2n) is 3.78. The maximum atomic E-state index is 5.11. The van der Waals surface area contributed by atoms with Crippen LogP contribution in [0.4, 0.5) is 0 Å². The van der Waals surface area contributed by atoms with Crippen molar-refractivity contribution in [3.63, 3.8) is 0 Å². The largest absolute Gasteiger partial charge is 0.497 e. The zero-order chi connectivity index (χ0) is 12.8. The highest BCUT2D eigenvalue weighted by Crippen LogP contribution is 2.13. The molecule has 1 nitrogen and oxygen atoms in total. The van der Waals surface area contributed by atoms with Gasteiger partial charge in [0.1, 0.15) is 5.75 Å². The van der Waals surface area contributed by atoms with E-state index in [1.165, 1.54) is 0 Å². The minimum absolute atomic E-state index is 0.865. The first kappa shape index (κ1) is 12.7. The number of methoxy groups -OCH3 is 1. The molecule has 2 heteroatoms. The third-order valence-corrected chi connectivity index (χ3v) is 3.01. The van der Waals surface area contributed by atoms with Crippen molar-refractivity contribution in [3.05, 3.63) is 69.9 Å². The molecule has 0 radical (unpaired) electrons. The van der Waals surface area contributed by atoms with Crippen molar-refractivity contribution in [3.8, 4) is 5.75 Å². The van der Waals surface area contributed by atoms with E-state index in [2.05, 4.69) is 21.7 Å². The SMILES string of the molecule is COc1ccc(C=C=Cc2ccc(Br)cc2)cc1. The van der Waals surface area contributed by atoms with Gasteiger partial charge in [0.2, 0.25) is 0 Å². The Kier molecular flexibility index (Phi) is 4.40. The second-order valence-corrected chi connectivity index (χ2v) is 4.70. The van der Waals surface area contributed by atoms with Crippen molar-refractivity contribution >= 4 is 28.1 Å². The summed E-state index contributed by atoms with van der Waals surface area (Å²) >= 11 is 3.41. The normalized spacial score (nSPS) is 9.44. The summed E-state index contributed by atoms with van der Waals surface area (Å²) in [6, 6.07) is 16.0. The third-order valence-electron chi connectivity index (χ3n) is 2.49. The fourth-order valence-electron chi connectivity index (χ4n) is 1.49. The van der Waals surface area contributed by atoms with E-state index in [1.807, 2.05) is 60.7 Å². The molecule has 90 valence electrons. The van der Waals surface area contributed by atoms with E-state index in [1.54, 1.807) is 7.11 Å². The molecular weight excluding hydrogens is 288 g/mol. The van der Waals surface area contributed by atoms with Gasteiger partial charge in [-0.15, -0.1) is 5.73 Å². The molecule has 2 aromatic rings. The summed E-state index contributed by atoms with van der Waals surface area (Å²) in [5.41, 5.74) is 5.40. The molecule has 0 aliphatic rings. The lowest BCUT2D eigenvalue weighted by Gasteiger charge is -1.97. The Labute approximate surface area is 116 Å². The fraction of sp³-hybridized carbons (Fsp3) is 0.0625. The number of rotatable bonds is 3. The molecule has 0 saturated carbocycles. The van der Waals surface area contributed by atoms with Gasteiger partial charge in [0, 0.05) is 4.47 Å². The van der Waals surface area contributed by atoms with Crippen LogP contribution in [0.5, 0.6) is 5.75 Å². The zero-order valence-electron chi connectivity index (χ0n) is 10.1. The Morgan fingerprint density at radius 2 is 1.39 bits per heavy atom. The predicted octanol–water partition coefficient (Wildman–Crippen LogP) is 4.78. The molecule has 2 rings (SSSR count). The maximum absolute atomic E-state index is 5.11. The van der Waals surface area contributed by atoms with E-state index in [-0.39, 0.29) is 0 Å². The Morgan fingerprint density at radius 1 is 0.889 bits per heavy atom. The van der Waals surface area contributed by atoms with Crippen molar-refractivity contribution < 1.29 is 4.74 Å². The molecule has 0 aliphatic heterocycles. The van der Waals surface area contributed by atoms with Gasteiger partial charge in [-0.3, -0.25) is 0 Å². The van der Waals surface area contributed by atoms with Gasteiger partial charge in [0.25, 0.3) is 0 Å². The number of halogens is 1. The molecular formula is C16H13BrO. The van der Waals surface area contributed by atoms with E-state index in [0.717, 1.165) is 21.3 Å². The molecule has 2 aromatic carbocycles. The molecule has 0 bridgehead atoms. The van der Waals surface area contributed by atoms with Gasteiger partial charge in [0.05, 0.1) is 7.11 Å². The summed E-state index contributed by atoms with van der Waals surface area (Å²) in [6.07, 6.45) is 3.90. The highest BCUT2D eigenvalue weighted by molar-refractivity contribution is 9.10. The van der Waals surface area contributed by atoms with Crippen LogP contribution >= 0.6 is 15.9 Å². The lowest BCUT2D eigenvalue weighted by Crippen LogP contribution is -1.80. The van der Waals surface area contributed by atoms with Crippen molar-refractivity contribution in [1.82, 2.24) is 0 Å². The van der Waals surface area contributed by atoms with E-state index >= 15 is 0 Å². The van der Waals surface area contributed by atoms with Crippen LogP contribution < -0.4 is 4.74 Å². The Balaban J connectivity index is 2.11. The van der Waals surface area contributed by atoms with Gasteiger partial charge in [0.15, 0.2) is 0 Å². The third kappa shape index (κ3) is 3.63. The van der Waals surface area contributed by atoms with Gasteiger partial charge < -0.3 is 4.74 Å². The first-order valence-electron chi connectivity index (χ1n) is 5.60. The molecule has 0 heterocycles. The summed E-state index contributed by atoms with van der Waals surface area (Å²) in [5, 5.41) is 0. The van der Waals surface area contributed by atoms with E-state index in [0.29, 0.717) is 0 Å². The molecule has 0 saturated heterocycles. The minimum atomic E-state index is 0.865. The summed E-state index contributed by atoms with van der Waals surface area (Å²) in [5.74, 6) is 0.865. The molecule has 0 amide bonds. The van der Waals surface area contributed by atoms with Crippen LogP contribution in [0.15, 0.2) is 58.7 Å². The Morgan fingerprint density at radius 3 is 1.89 bits per heavy atom. The number of hydrogen-bond donors (Lipinski definition) is 0. The molecule has 0 spiro atoms. The van der Waals surface area contributed by atoms with Crippen LogP contribution in [0.1, 0.15) is 11.1 Å². The van der Waals surface area contributed by atoms with Gasteiger partial charge in [-0.1, -0.05) is 40.2 Å². The highest BCUT2D eigenvalue weighted by atomic mass is 79.9. The van der Waals surface area contributed by atoms with Crippen LogP contribution in [0.25, 0.3) is 12.2 Å². The number of ether oxygens (including phenoxy) is 1. The molecule has 0 N–H and O–H groups in total. The van der Waals surface area contributed by atoms with Crippen LogP contribution in [0.3, 0.4) is 0 Å². The number of hydrogen-bond acceptors (Lipinski definition) is 1. The molecule has 0 atom stereocenters. The number of benzene rings is 2. The second kappa shape index (κ2) is 6.25. The summed E-state index contributed by atoms with van der Waals surface area (Å²) in [6.45, 7) is 0. The van der Waals surface area contributed by atoms with Gasteiger partial charge >= 0.3 is 0 Å². The highest BCUT2D eigenvalue weighted by Gasteiger charge is 1.89. The van der Waals surface area contributed by atoms with Crippen LogP contribution in [0, 0.1) is 0 Å². The van der Waals surface area contributed by atoms with E-state index in [9.17, 15) is 0 Å². The average molecular weight is 301 g/mol. The van der Waals surface area contributed by atoms with Crippen molar-refractivity contribution in [2.24, 2.45) is 0 Å². The van der Waals surface area contributed by atoms with Crippen molar-refractivity contribution in [2.45, 2.75) is 0 Å². The first-order chi connectivity index (χ1) is 8.78. The van der Waals surface area contributed by atoms with Crippen LogP contribution in [-0.4, -0.2) is 7.11 Å². The molecule has 18 heavy (non-hydrogen) atoms. The summed E-state index contributed by atoms with van der Waals surface area (Å²) < 4.78 is 6.19. The smallest absolute Gasteiger partial charge is 0.118 e. The van der Waals surface area contributed by atoms with Gasteiger partial charge in [-0.25, -0.2) is 0 Å². The monoisotopic (exact) mass is 300 g/mol. The summed E-state index contributed by atoms with van der Waals surface area (Å²) in [4.78, 5) is 0. The lowest BCUT2D eigenvalue weighted by atomic mass is 10.2. The van der Waals surface area contributed by atoms with Crippen molar-refractivity contribution in [2.75, 3.05) is 7.11 Å². The van der Waals surface area contributed by atoms with Crippen molar-refractivity contribution in [1.29, 1.82) is 0 Å². The molecule has 0 aliphatic carbocycles. The summed E-state index contributed by atoms with van der Waals surface area (Å²) in [7, 11) is 1.66. The van der Waals surface area contributed by atoms with Crippen LogP contribution in [0.2, 0.25) is 0 Å². The lowest BCUT2D eigenvalue weighted by molar-refractivity contribution is 0.415. The zero-order valence-corrected chi connectivity index (χ0v) is 11.6. The molecule has 0 unspecified atom stereocenters. The quantitative estimate of drug-likeness (QED) is 0.741. The Hall–Kier alpha value is -1.76. The van der Waals surface area contributed by atoms with E-state index < -0.39 is 0 Å². The standard InChI is InChI=1S/C16H13BrO/c1-18-16-11-7-14(8-12-16)4-2-3-13-5-9-15(17)10-6-13/h3-12H,1H3. The van der Waals surface area contributed by atoms with Gasteiger partial charge in [-0.2, -0.15) is 0 Å². The van der Waals surface area contributed by atoms with Gasteiger partial charge in [-0.05, 0) is 47.5 Å². The molecule has 0 aromatic heterocycles. The average Bonchev–Trinajstić information content (AvgIpc) is 2.42. The predicted molar refractivity (Wildman–Crippen MR) is 79.6 cm³/mol. The Bertz CT molecular complexity index is 561. The minimum Gasteiger partial charge on any atom is -0.497 e. The van der Waals surface area contributed by atoms with Crippen LogP contribution in [-0.2, 0) is 0 Å². The molecule has 0 fully saturated rings. The first-order valence-corrected chi connectivity index (χ1v) is 6.39. The maximum Gasteiger partial charge on any atom is 0.118 e.